The lowest BCUT2D eigenvalue weighted by Gasteiger charge is -2.48. The van der Waals surface area contributed by atoms with E-state index in [0.717, 1.165) is 79.3 Å². The number of carbonyl (C=O) groups is 2. The van der Waals surface area contributed by atoms with Crippen LogP contribution in [0, 0.1) is 0 Å². The molecule has 1 heterocycles. The summed E-state index contributed by atoms with van der Waals surface area (Å²) in [6.07, 6.45) is 5.65. The summed E-state index contributed by atoms with van der Waals surface area (Å²) in [5, 5.41) is 2.01. The van der Waals surface area contributed by atoms with Gasteiger partial charge in [0.25, 0.3) is 8.32 Å². The maximum Gasteiger partial charge on any atom is 0.338 e. The zero-order valence-electron chi connectivity index (χ0n) is 39.4. The van der Waals surface area contributed by atoms with E-state index in [1.165, 1.54) is 7.11 Å². The number of benzene rings is 5. The molecular weight excluding hydrogens is 845 g/mol. The number of hydrogen-bond acceptors (Lipinski definition) is 9. The molecule has 0 bridgehead atoms. The van der Waals surface area contributed by atoms with Crippen LogP contribution in [0.15, 0.2) is 152 Å². The van der Waals surface area contributed by atoms with Gasteiger partial charge in [-0.05, 0) is 51.5 Å². The minimum absolute atomic E-state index is 0.137. The van der Waals surface area contributed by atoms with Crippen molar-refractivity contribution in [2.45, 2.75) is 134 Å². The van der Waals surface area contributed by atoms with Gasteiger partial charge in [-0.25, -0.2) is 4.79 Å². The van der Waals surface area contributed by atoms with Crippen LogP contribution in [-0.4, -0.2) is 71.3 Å². The standard InChI is InChI=1S/C56H70O9Si/c1-56(2,3)66(47-35-23-15-24-36-47,48-37-25-16-26-38-48)63-43-49-51(61-41-44-29-17-12-18-30-44)52(62-42-45-31-19-13-20-32-45)53(65-54(58)46-33-21-14-22-34-46)55(64-49)60-40-28-11-9-7-5-6-8-10-27-39-50(57)59-4/h12-26,29-38,49,51-53,55H,5-11,27-28,39-43H2,1-4H3/t49-,51+,52+,53-,55-/m1/s1. The van der Waals surface area contributed by atoms with E-state index in [1.54, 1.807) is 12.1 Å². The monoisotopic (exact) mass is 914 g/mol. The fraction of sp³-hybridized carbons (Fsp3) is 0.429. The quantitative estimate of drug-likeness (QED) is 0.0305. The van der Waals surface area contributed by atoms with Crippen molar-refractivity contribution in [3.05, 3.63) is 168 Å². The van der Waals surface area contributed by atoms with Crippen LogP contribution in [0.5, 0.6) is 0 Å². The van der Waals surface area contributed by atoms with Crippen LogP contribution in [0.1, 0.15) is 106 Å². The third-order valence-corrected chi connectivity index (χ3v) is 17.3. The van der Waals surface area contributed by atoms with Crippen molar-refractivity contribution in [1.29, 1.82) is 0 Å². The SMILES string of the molecule is COC(=O)CCCCCCCCCCCO[C@@H]1O[C@H](CO[Si](c2ccccc2)(c2ccccc2)C(C)(C)C)[C@H](OCc2ccccc2)[C@H](OCc2ccccc2)[C@H]1OC(=O)c1ccccc1. The first kappa shape index (κ1) is 50.5. The largest absolute Gasteiger partial charge is 0.469 e. The van der Waals surface area contributed by atoms with E-state index in [2.05, 4.69) is 69.3 Å². The van der Waals surface area contributed by atoms with Gasteiger partial charge in [0.1, 0.15) is 18.3 Å². The Morgan fingerprint density at radius 2 is 1.00 bits per heavy atom. The Morgan fingerprint density at radius 3 is 1.50 bits per heavy atom. The van der Waals surface area contributed by atoms with Gasteiger partial charge in [-0.3, -0.25) is 4.79 Å². The second-order valence-corrected chi connectivity index (χ2v) is 22.5. The lowest BCUT2D eigenvalue weighted by molar-refractivity contribution is -0.315. The average molecular weight is 915 g/mol. The molecule has 0 aromatic heterocycles. The molecule has 0 N–H and O–H groups in total. The van der Waals surface area contributed by atoms with Crippen LogP contribution < -0.4 is 10.4 Å². The molecule has 0 spiro atoms. The Hall–Kier alpha value is -4.94. The Morgan fingerprint density at radius 1 is 0.545 bits per heavy atom. The van der Waals surface area contributed by atoms with Crippen LogP contribution in [0.25, 0.3) is 0 Å². The van der Waals surface area contributed by atoms with E-state index >= 15 is 0 Å². The van der Waals surface area contributed by atoms with Crippen molar-refractivity contribution in [2.24, 2.45) is 0 Å². The molecule has 0 unspecified atom stereocenters. The molecule has 5 aromatic carbocycles. The van der Waals surface area contributed by atoms with Gasteiger partial charge in [-0.1, -0.05) is 205 Å². The first-order valence-corrected chi connectivity index (χ1v) is 25.8. The van der Waals surface area contributed by atoms with Gasteiger partial charge in [0.05, 0.1) is 32.5 Å². The third-order valence-electron chi connectivity index (χ3n) is 12.3. The second kappa shape index (κ2) is 26.4. The molecular formula is C56H70O9Si. The van der Waals surface area contributed by atoms with E-state index < -0.39 is 45.0 Å². The van der Waals surface area contributed by atoms with Crippen molar-refractivity contribution in [3.8, 4) is 0 Å². The molecule has 0 aliphatic carbocycles. The van der Waals surface area contributed by atoms with Gasteiger partial charge in [0.15, 0.2) is 12.4 Å². The van der Waals surface area contributed by atoms with Crippen molar-refractivity contribution in [3.63, 3.8) is 0 Å². The fourth-order valence-electron chi connectivity index (χ4n) is 8.84. The molecule has 1 saturated heterocycles. The van der Waals surface area contributed by atoms with Crippen molar-refractivity contribution in [2.75, 3.05) is 20.3 Å². The zero-order chi connectivity index (χ0) is 46.5. The molecule has 66 heavy (non-hydrogen) atoms. The molecule has 0 radical (unpaired) electrons. The summed E-state index contributed by atoms with van der Waals surface area (Å²) in [6, 6.07) is 50.1. The van der Waals surface area contributed by atoms with Gasteiger partial charge in [0, 0.05) is 13.0 Å². The minimum Gasteiger partial charge on any atom is -0.469 e. The van der Waals surface area contributed by atoms with Crippen LogP contribution in [0.2, 0.25) is 5.04 Å². The first-order chi connectivity index (χ1) is 32.2. The number of carbonyl (C=O) groups excluding carboxylic acids is 2. The minimum atomic E-state index is -3.04. The fourth-order valence-corrected chi connectivity index (χ4v) is 13.4. The molecule has 0 saturated carbocycles. The highest BCUT2D eigenvalue weighted by atomic mass is 28.4. The smallest absolute Gasteiger partial charge is 0.338 e. The molecule has 1 fully saturated rings. The number of esters is 2. The Kier molecular flexibility index (Phi) is 20.2. The highest BCUT2D eigenvalue weighted by Crippen LogP contribution is 2.38. The van der Waals surface area contributed by atoms with Crippen molar-refractivity contribution in [1.82, 2.24) is 0 Å². The Balaban J connectivity index is 1.29. The summed E-state index contributed by atoms with van der Waals surface area (Å²) in [5.74, 6) is -0.637. The zero-order valence-corrected chi connectivity index (χ0v) is 40.4. The predicted octanol–water partition coefficient (Wildman–Crippen LogP) is 10.8. The van der Waals surface area contributed by atoms with E-state index in [0.29, 0.717) is 18.6 Å². The van der Waals surface area contributed by atoms with Crippen LogP contribution in [-0.2, 0) is 50.9 Å². The number of methoxy groups -OCH3 is 1. The molecule has 5 aromatic rings. The van der Waals surface area contributed by atoms with Gasteiger partial charge >= 0.3 is 11.9 Å². The first-order valence-electron chi connectivity index (χ1n) is 23.9. The molecule has 6 rings (SSSR count). The molecule has 352 valence electrons. The average Bonchev–Trinajstić information content (AvgIpc) is 3.35. The number of unbranched alkanes of at least 4 members (excludes halogenated alkanes) is 8. The van der Waals surface area contributed by atoms with Crippen LogP contribution in [0.4, 0.5) is 0 Å². The van der Waals surface area contributed by atoms with Crippen molar-refractivity contribution >= 4 is 30.6 Å². The van der Waals surface area contributed by atoms with Crippen LogP contribution in [0.3, 0.4) is 0 Å². The summed E-state index contributed by atoms with van der Waals surface area (Å²) in [7, 11) is -1.60. The highest BCUT2D eigenvalue weighted by Gasteiger charge is 2.54. The molecule has 1 aliphatic heterocycles. The highest BCUT2D eigenvalue weighted by molar-refractivity contribution is 6.99. The maximum absolute atomic E-state index is 14.1. The van der Waals surface area contributed by atoms with Crippen LogP contribution >= 0.6 is 0 Å². The number of hydrogen-bond donors (Lipinski definition) is 0. The van der Waals surface area contributed by atoms with E-state index in [1.807, 2.05) is 91.0 Å². The lowest BCUT2D eigenvalue weighted by Crippen LogP contribution is -2.68. The maximum atomic E-state index is 14.1. The molecule has 1 aliphatic rings. The topological polar surface area (TPSA) is 98.8 Å². The molecule has 9 nitrogen and oxygen atoms in total. The Bertz CT molecular complexity index is 2080. The second-order valence-electron chi connectivity index (χ2n) is 18.2. The summed E-state index contributed by atoms with van der Waals surface area (Å²) >= 11 is 0. The summed E-state index contributed by atoms with van der Waals surface area (Å²) in [4.78, 5) is 25.5. The van der Waals surface area contributed by atoms with Gasteiger partial charge in [0.2, 0.25) is 0 Å². The molecule has 0 amide bonds. The van der Waals surface area contributed by atoms with E-state index in [9.17, 15) is 9.59 Å². The Labute approximate surface area is 394 Å². The van der Waals surface area contributed by atoms with E-state index in [-0.39, 0.29) is 30.8 Å². The van der Waals surface area contributed by atoms with Crippen molar-refractivity contribution < 1.29 is 42.4 Å². The third kappa shape index (κ3) is 14.5. The molecule has 5 atom stereocenters. The van der Waals surface area contributed by atoms with Gasteiger partial charge in [-0.15, -0.1) is 0 Å². The van der Waals surface area contributed by atoms with Gasteiger partial charge < -0.3 is 32.8 Å². The summed E-state index contributed by atoms with van der Waals surface area (Å²) in [5.41, 5.74) is 2.37. The normalized spacial score (nSPS) is 18.7. The van der Waals surface area contributed by atoms with E-state index in [4.69, 9.17) is 32.8 Å². The molecule has 10 heteroatoms. The lowest BCUT2D eigenvalue weighted by atomic mass is 9.97. The number of rotatable bonds is 26. The van der Waals surface area contributed by atoms with Gasteiger partial charge in [-0.2, -0.15) is 0 Å². The number of ether oxygens (including phenoxy) is 6. The summed E-state index contributed by atoms with van der Waals surface area (Å²) < 4.78 is 46.5. The predicted molar refractivity (Wildman–Crippen MR) is 262 cm³/mol. The summed E-state index contributed by atoms with van der Waals surface area (Å²) in [6.45, 7) is 7.86.